The first-order chi connectivity index (χ1) is 14.0. The van der Waals surface area contributed by atoms with Crippen LogP contribution in [0.5, 0.6) is 0 Å². The molecule has 1 heteroatoms. The first-order valence-corrected chi connectivity index (χ1v) is 13.6. The van der Waals surface area contributed by atoms with Crippen molar-refractivity contribution in [3.8, 4) is 0 Å². The summed E-state index contributed by atoms with van der Waals surface area (Å²) in [5.41, 5.74) is 6.51. The molecule has 0 N–H and O–H groups in total. The Hall–Kier alpha value is -0.870. The highest BCUT2D eigenvalue weighted by molar-refractivity contribution is 7.63. The summed E-state index contributed by atoms with van der Waals surface area (Å²) in [5.74, 6) is 0. The molecular weight excluding hydrogens is 379 g/mol. The fraction of sp³-hybridized carbons (Fsp3) is 0.655. The van der Waals surface area contributed by atoms with Gasteiger partial charge in [-0.05, 0) is 52.7 Å². The Morgan fingerprint density at radius 3 is 1.83 bits per heavy atom. The minimum Gasteiger partial charge on any atom is -0.0844 e. The van der Waals surface area contributed by atoms with E-state index in [1.165, 1.54) is 50.5 Å². The van der Waals surface area contributed by atoms with E-state index in [0.29, 0.717) is 10.3 Å². The van der Waals surface area contributed by atoms with Gasteiger partial charge >= 0.3 is 0 Å². The third-order valence-corrected chi connectivity index (χ3v) is 10.4. The van der Waals surface area contributed by atoms with Crippen molar-refractivity contribution in [2.75, 3.05) is 0 Å². The molecule has 1 aliphatic rings. The maximum absolute atomic E-state index is 2.61. The topological polar surface area (TPSA) is 0 Å². The summed E-state index contributed by atoms with van der Waals surface area (Å²) in [5, 5.41) is 0.856. The Morgan fingerprint density at radius 1 is 0.800 bits per heavy atom. The second kappa shape index (κ2) is 10.2. The number of benzene rings is 1. The molecule has 1 atom stereocenters. The van der Waals surface area contributed by atoms with E-state index in [0.717, 1.165) is 0 Å². The van der Waals surface area contributed by atoms with Gasteiger partial charge in [0.15, 0.2) is 0 Å². The molecule has 1 aliphatic carbocycles. The lowest BCUT2D eigenvalue weighted by molar-refractivity contribution is 0.562. The maximum atomic E-state index is 2.61. The molecule has 1 aromatic rings. The van der Waals surface area contributed by atoms with Crippen LogP contribution >= 0.6 is 7.92 Å². The normalized spacial score (nSPS) is 20.7. The number of hydrogen-bond donors (Lipinski definition) is 0. The van der Waals surface area contributed by atoms with Crippen LogP contribution in [0.3, 0.4) is 0 Å². The molecule has 0 amide bonds. The number of hydrogen-bond acceptors (Lipinski definition) is 0. The largest absolute Gasteiger partial charge is 0.0844 e. The van der Waals surface area contributed by atoms with E-state index in [9.17, 15) is 0 Å². The van der Waals surface area contributed by atoms with Gasteiger partial charge in [-0.15, -0.1) is 0 Å². The molecule has 1 aromatic carbocycles. The van der Waals surface area contributed by atoms with Crippen molar-refractivity contribution in [3.05, 3.63) is 53.1 Å². The lowest BCUT2D eigenvalue weighted by Gasteiger charge is -2.57. The van der Waals surface area contributed by atoms with Crippen LogP contribution in [-0.2, 0) is 0 Å². The summed E-state index contributed by atoms with van der Waals surface area (Å²) in [6.45, 7) is 22.2. The Balaban J connectivity index is 2.93. The van der Waals surface area contributed by atoms with Crippen molar-refractivity contribution >= 4 is 13.5 Å². The van der Waals surface area contributed by atoms with E-state index in [-0.39, 0.29) is 13.1 Å². The summed E-state index contributed by atoms with van der Waals surface area (Å²) < 4.78 is 0. The highest BCUT2D eigenvalue weighted by Gasteiger charge is 2.52. The second-order valence-electron chi connectivity index (χ2n) is 11.2. The molecule has 0 saturated heterocycles. The number of rotatable bonds is 8. The molecule has 0 radical (unpaired) electrons. The van der Waals surface area contributed by atoms with Gasteiger partial charge in [0.25, 0.3) is 0 Å². The smallest absolute Gasteiger partial charge is 0.0209 e. The van der Waals surface area contributed by atoms with Crippen molar-refractivity contribution in [2.45, 2.75) is 123 Å². The van der Waals surface area contributed by atoms with Crippen molar-refractivity contribution in [2.24, 2.45) is 0 Å². The van der Waals surface area contributed by atoms with Crippen LogP contribution in [-0.4, -0.2) is 15.5 Å². The third-order valence-electron chi connectivity index (χ3n) is 6.27. The van der Waals surface area contributed by atoms with Crippen LogP contribution in [0.25, 0.3) is 5.57 Å². The molecule has 0 spiro atoms. The van der Waals surface area contributed by atoms with Gasteiger partial charge in [-0.2, -0.15) is 0 Å². The van der Waals surface area contributed by atoms with E-state index < -0.39 is 0 Å². The molecule has 0 nitrogen and oxygen atoms in total. The van der Waals surface area contributed by atoms with Crippen molar-refractivity contribution in [1.29, 1.82) is 0 Å². The number of allylic oxidation sites excluding steroid dienone is 4. The van der Waals surface area contributed by atoms with Crippen molar-refractivity contribution in [3.63, 3.8) is 0 Å². The summed E-state index contributed by atoms with van der Waals surface area (Å²) in [7, 11) is -0.287. The Labute approximate surface area is 189 Å². The average Bonchev–Trinajstić information content (AvgIpc) is 2.60. The van der Waals surface area contributed by atoms with E-state index in [2.05, 4.69) is 98.7 Å². The van der Waals surface area contributed by atoms with Crippen LogP contribution in [0, 0.1) is 0 Å². The highest BCUT2D eigenvalue weighted by atomic mass is 31.1. The van der Waals surface area contributed by atoms with Gasteiger partial charge in [-0.1, -0.05) is 131 Å². The van der Waals surface area contributed by atoms with Gasteiger partial charge in [0, 0.05) is 5.16 Å². The molecule has 168 valence electrons. The predicted octanol–water partition coefficient (Wildman–Crippen LogP) is 9.99. The van der Waals surface area contributed by atoms with Gasteiger partial charge in [-0.25, -0.2) is 0 Å². The van der Waals surface area contributed by atoms with Crippen LogP contribution in [0.15, 0.2) is 47.6 Å². The van der Waals surface area contributed by atoms with Crippen LogP contribution in [0.2, 0.25) is 0 Å². The monoisotopic (exact) mass is 426 g/mol. The molecule has 0 fully saturated rings. The highest BCUT2D eigenvalue weighted by Crippen LogP contribution is 2.74. The quantitative estimate of drug-likeness (QED) is 0.363. The van der Waals surface area contributed by atoms with Crippen LogP contribution in [0.1, 0.15) is 113 Å². The summed E-state index contributed by atoms with van der Waals surface area (Å²) >= 11 is 0. The summed E-state index contributed by atoms with van der Waals surface area (Å²) in [6, 6.07) is 11.4. The van der Waals surface area contributed by atoms with Crippen LogP contribution in [0.4, 0.5) is 0 Å². The lowest BCUT2D eigenvalue weighted by Crippen LogP contribution is -2.43. The second-order valence-corrected chi connectivity index (χ2v) is 15.4. The average molecular weight is 427 g/mol. The fourth-order valence-electron chi connectivity index (χ4n) is 6.36. The zero-order valence-electron chi connectivity index (χ0n) is 21.4. The van der Waals surface area contributed by atoms with Crippen molar-refractivity contribution < 1.29 is 0 Å². The van der Waals surface area contributed by atoms with Gasteiger partial charge in [-0.3, -0.25) is 0 Å². The molecule has 0 aromatic heterocycles. The summed E-state index contributed by atoms with van der Waals surface area (Å²) in [6.07, 6.45) is 11.3. The minimum atomic E-state index is -0.287. The standard InChI is InChI=1S/C29H47P/c1-10-16-23-21-25(17-11-2)26(24-18-14-13-15-19-24)29(22-23,20-12-3)30(27(4,5)6)28(7,8)9/h13-15,18-19,21H,10-12,16-17,20,22H2,1-9H3. The first kappa shape index (κ1) is 25.4. The summed E-state index contributed by atoms with van der Waals surface area (Å²) in [4.78, 5) is 0. The van der Waals surface area contributed by atoms with E-state index >= 15 is 0 Å². The van der Waals surface area contributed by atoms with Crippen LogP contribution < -0.4 is 0 Å². The molecule has 0 bridgehead atoms. The molecular formula is C29H47P. The molecule has 0 aliphatic heterocycles. The third kappa shape index (κ3) is 5.48. The van der Waals surface area contributed by atoms with Gasteiger partial charge in [0.1, 0.15) is 0 Å². The maximum Gasteiger partial charge on any atom is 0.0209 e. The fourth-order valence-corrected chi connectivity index (χ4v) is 12.2. The lowest BCUT2D eigenvalue weighted by atomic mass is 9.75. The van der Waals surface area contributed by atoms with E-state index in [4.69, 9.17) is 0 Å². The molecule has 0 saturated carbocycles. The molecule has 30 heavy (non-hydrogen) atoms. The van der Waals surface area contributed by atoms with E-state index in [1.807, 2.05) is 0 Å². The molecule has 2 rings (SSSR count). The van der Waals surface area contributed by atoms with Gasteiger partial charge in [0.05, 0.1) is 0 Å². The predicted molar refractivity (Wildman–Crippen MR) is 140 cm³/mol. The molecule has 0 heterocycles. The molecule has 1 unspecified atom stereocenters. The first-order valence-electron chi connectivity index (χ1n) is 12.3. The SMILES string of the molecule is CCCC1=CC(CCC)=C(c2ccccc2)C(CCC)(P(C(C)(C)C)C(C)(C)C)C1. The Morgan fingerprint density at radius 2 is 1.37 bits per heavy atom. The Bertz CT molecular complexity index is 725. The zero-order chi connectivity index (χ0) is 22.6. The van der Waals surface area contributed by atoms with E-state index in [1.54, 1.807) is 16.7 Å². The van der Waals surface area contributed by atoms with Gasteiger partial charge < -0.3 is 0 Å². The van der Waals surface area contributed by atoms with Gasteiger partial charge in [0.2, 0.25) is 0 Å². The van der Waals surface area contributed by atoms with Crippen molar-refractivity contribution in [1.82, 2.24) is 0 Å². The Kier molecular flexibility index (Phi) is 8.60. The minimum absolute atomic E-state index is 0.256. The zero-order valence-corrected chi connectivity index (χ0v) is 22.3.